The number of amides is 2. The van der Waals surface area contributed by atoms with E-state index in [9.17, 15) is 18.4 Å². The summed E-state index contributed by atoms with van der Waals surface area (Å²) in [5.41, 5.74) is 1.62. The van der Waals surface area contributed by atoms with Gasteiger partial charge in [0.05, 0.1) is 67.7 Å². The van der Waals surface area contributed by atoms with Crippen LogP contribution in [0.25, 0.3) is 11.3 Å². The smallest absolute Gasteiger partial charge is 0.258 e. The van der Waals surface area contributed by atoms with Crippen LogP contribution in [-0.2, 0) is 17.8 Å². The summed E-state index contributed by atoms with van der Waals surface area (Å²) in [6, 6.07) is 13.4. The minimum absolute atomic E-state index is 0.0164. The SMILES string of the molecule is COCCNC(=O)c1ccc(Nc2cc(-c3c(F)cccc3F)nc3c2C(=O)N(Cc2ccc(OC)cc2OC)C3)nc1. The quantitative estimate of drug-likeness (QED) is 0.242. The first kappa shape index (κ1) is 29.4. The molecule has 4 aromatic rings. The van der Waals surface area contributed by atoms with E-state index in [-0.39, 0.29) is 47.4 Å². The number of methoxy groups -OCH3 is 3. The number of aromatic nitrogens is 2. The number of nitrogens with one attached hydrogen (secondary N) is 2. The molecule has 1 aliphatic heterocycles. The maximum Gasteiger partial charge on any atom is 0.258 e. The molecule has 0 radical (unpaired) electrons. The van der Waals surface area contributed by atoms with E-state index in [1.807, 2.05) is 0 Å². The number of hydrogen-bond donors (Lipinski definition) is 2. The van der Waals surface area contributed by atoms with Crippen molar-refractivity contribution in [2.24, 2.45) is 0 Å². The lowest BCUT2D eigenvalue weighted by Gasteiger charge is -2.18. The summed E-state index contributed by atoms with van der Waals surface area (Å²) in [4.78, 5) is 36.5. The van der Waals surface area contributed by atoms with Gasteiger partial charge >= 0.3 is 0 Å². The number of nitrogens with zero attached hydrogens (tertiary/aromatic N) is 3. The molecule has 1 aliphatic rings. The molecule has 3 heterocycles. The van der Waals surface area contributed by atoms with Gasteiger partial charge in [0.1, 0.15) is 29.0 Å². The lowest BCUT2D eigenvalue weighted by atomic mass is 10.1. The number of fused-ring (bicyclic) bond motifs is 1. The van der Waals surface area contributed by atoms with Gasteiger partial charge in [-0.3, -0.25) is 9.59 Å². The predicted octanol–water partition coefficient (Wildman–Crippen LogP) is 4.71. The van der Waals surface area contributed by atoms with Crippen LogP contribution in [0.1, 0.15) is 32.0 Å². The first-order chi connectivity index (χ1) is 20.8. The van der Waals surface area contributed by atoms with E-state index in [0.29, 0.717) is 41.7 Å². The number of halogens is 2. The molecule has 222 valence electrons. The average molecular weight is 590 g/mol. The maximum absolute atomic E-state index is 14.8. The van der Waals surface area contributed by atoms with Crippen molar-refractivity contribution in [2.45, 2.75) is 13.1 Å². The lowest BCUT2D eigenvalue weighted by molar-refractivity contribution is 0.0765. The Morgan fingerprint density at radius 1 is 1.00 bits per heavy atom. The second kappa shape index (κ2) is 12.8. The van der Waals surface area contributed by atoms with Crippen molar-refractivity contribution in [1.82, 2.24) is 20.2 Å². The van der Waals surface area contributed by atoms with Crippen LogP contribution >= 0.6 is 0 Å². The summed E-state index contributed by atoms with van der Waals surface area (Å²) in [7, 11) is 4.61. The number of ether oxygens (including phenoxy) is 3. The summed E-state index contributed by atoms with van der Waals surface area (Å²) >= 11 is 0. The van der Waals surface area contributed by atoms with Crippen LogP contribution in [0.15, 0.2) is 60.8 Å². The Morgan fingerprint density at radius 3 is 2.47 bits per heavy atom. The molecule has 0 atom stereocenters. The van der Waals surface area contributed by atoms with Gasteiger partial charge in [-0.05, 0) is 42.5 Å². The highest BCUT2D eigenvalue weighted by atomic mass is 19.1. The topological polar surface area (TPSA) is 115 Å². The summed E-state index contributed by atoms with van der Waals surface area (Å²) in [6.45, 7) is 0.994. The standard InChI is InChI=1S/C31H29F2N5O5/c1-41-12-11-34-30(39)18-8-10-27(35-15-18)37-24-14-23(28-21(32)5-4-6-22(28)33)36-25-17-38(31(40)29(24)25)16-19-7-9-20(42-2)13-26(19)43-3/h4-10,13-15H,11-12,16-17H2,1-3H3,(H,34,39)(H,35,36,37). The fraction of sp³-hybridized carbons (Fsp3) is 0.226. The van der Waals surface area contributed by atoms with Gasteiger partial charge in [-0.25, -0.2) is 18.7 Å². The largest absolute Gasteiger partial charge is 0.497 e. The molecule has 0 saturated carbocycles. The molecular weight excluding hydrogens is 560 g/mol. The monoisotopic (exact) mass is 589 g/mol. The highest BCUT2D eigenvalue weighted by molar-refractivity contribution is 6.04. The van der Waals surface area contributed by atoms with E-state index in [4.69, 9.17) is 14.2 Å². The van der Waals surface area contributed by atoms with E-state index in [1.54, 1.807) is 42.3 Å². The Morgan fingerprint density at radius 2 is 1.79 bits per heavy atom. The van der Waals surface area contributed by atoms with Gasteiger partial charge in [0.2, 0.25) is 0 Å². The molecule has 2 N–H and O–H groups in total. The Hall–Kier alpha value is -5.10. The van der Waals surface area contributed by atoms with E-state index in [0.717, 1.165) is 17.7 Å². The van der Waals surface area contributed by atoms with Crippen molar-refractivity contribution in [2.75, 3.05) is 39.8 Å². The molecule has 2 aromatic carbocycles. The third kappa shape index (κ3) is 6.24. The Bertz CT molecular complexity index is 1650. The molecule has 43 heavy (non-hydrogen) atoms. The normalized spacial score (nSPS) is 12.2. The molecule has 5 rings (SSSR count). The predicted molar refractivity (Wildman–Crippen MR) is 154 cm³/mol. The van der Waals surface area contributed by atoms with Gasteiger partial charge in [0.25, 0.3) is 11.8 Å². The minimum atomic E-state index is -0.787. The molecule has 0 aliphatic carbocycles. The first-order valence-electron chi connectivity index (χ1n) is 13.3. The number of anilines is 2. The van der Waals surface area contributed by atoms with Crippen LogP contribution in [0.4, 0.5) is 20.3 Å². The van der Waals surface area contributed by atoms with Gasteiger partial charge in [0, 0.05) is 31.5 Å². The molecule has 12 heteroatoms. The summed E-state index contributed by atoms with van der Waals surface area (Å²) in [6.07, 6.45) is 1.38. The van der Waals surface area contributed by atoms with Crippen LogP contribution in [-0.4, -0.2) is 61.2 Å². The second-order valence-corrected chi connectivity index (χ2v) is 9.62. The van der Waals surface area contributed by atoms with Gasteiger partial charge < -0.3 is 29.7 Å². The van der Waals surface area contributed by atoms with Gasteiger partial charge in [-0.15, -0.1) is 0 Å². The van der Waals surface area contributed by atoms with Crippen LogP contribution in [0.3, 0.4) is 0 Å². The van der Waals surface area contributed by atoms with Crippen LogP contribution in [0, 0.1) is 11.6 Å². The second-order valence-electron chi connectivity index (χ2n) is 9.62. The van der Waals surface area contributed by atoms with E-state index in [1.165, 1.54) is 32.5 Å². The molecule has 0 bridgehead atoms. The summed E-state index contributed by atoms with van der Waals surface area (Å²) in [5.74, 6) is -0.777. The van der Waals surface area contributed by atoms with Gasteiger partial charge in [0.15, 0.2) is 0 Å². The van der Waals surface area contributed by atoms with Gasteiger partial charge in [-0.1, -0.05) is 6.07 Å². The fourth-order valence-corrected chi connectivity index (χ4v) is 4.76. The average Bonchev–Trinajstić information content (AvgIpc) is 3.32. The first-order valence-corrected chi connectivity index (χ1v) is 13.3. The zero-order valence-electron chi connectivity index (χ0n) is 23.7. The number of rotatable bonds is 11. The molecule has 0 saturated heterocycles. The van der Waals surface area contributed by atoms with Crippen molar-refractivity contribution in [3.63, 3.8) is 0 Å². The van der Waals surface area contributed by atoms with Crippen LogP contribution in [0.5, 0.6) is 11.5 Å². The molecule has 2 amide bonds. The van der Waals surface area contributed by atoms with E-state index >= 15 is 0 Å². The fourth-order valence-electron chi connectivity index (χ4n) is 4.76. The van der Waals surface area contributed by atoms with Crippen molar-refractivity contribution < 1.29 is 32.6 Å². The lowest BCUT2D eigenvalue weighted by Crippen LogP contribution is -2.27. The Kier molecular flexibility index (Phi) is 8.77. The number of pyridine rings is 2. The van der Waals surface area contributed by atoms with Gasteiger partial charge in [-0.2, -0.15) is 0 Å². The summed E-state index contributed by atoms with van der Waals surface area (Å²) in [5, 5.41) is 5.80. The van der Waals surface area contributed by atoms with Crippen molar-refractivity contribution >= 4 is 23.3 Å². The minimum Gasteiger partial charge on any atom is -0.497 e. The molecule has 0 fully saturated rings. The molecule has 10 nitrogen and oxygen atoms in total. The number of hydrogen-bond acceptors (Lipinski definition) is 8. The third-order valence-corrected chi connectivity index (χ3v) is 6.89. The number of carbonyl (C=O) groups is 2. The Balaban J connectivity index is 1.49. The van der Waals surface area contributed by atoms with Crippen LogP contribution in [0.2, 0.25) is 0 Å². The van der Waals surface area contributed by atoms with Crippen molar-refractivity contribution in [3.8, 4) is 22.8 Å². The van der Waals surface area contributed by atoms with Crippen molar-refractivity contribution in [3.05, 3.63) is 94.8 Å². The van der Waals surface area contributed by atoms with E-state index < -0.39 is 11.6 Å². The molecule has 2 aromatic heterocycles. The zero-order chi connectivity index (χ0) is 30.5. The number of carbonyl (C=O) groups excluding carboxylic acids is 2. The van der Waals surface area contributed by atoms with Crippen molar-refractivity contribution in [1.29, 1.82) is 0 Å². The number of benzene rings is 2. The van der Waals surface area contributed by atoms with Crippen LogP contribution < -0.4 is 20.1 Å². The molecular formula is C31H29F2N5O5. The maximum atomic E-state index is 14.8. The zero-order valence-corrected chi connectivity index (χ0v) is 23.7. The summed E-state index contributed by atoms with van der Waals surface area (Å²) < 4.78 is 45.3. The molecule has 0 spiro atoms. The molecule has 0 unspecified atom stereocenters. The van der Waals surface area contributed by atoms with E-state index in [2.05, 4.69) is 20.6 Å². The third-order valence-electron chi connectivity index (χ3n) is 6.89. The Labute approximate surface area is 246 Å². The highest BCUT2D eigenvalue weighted by Gasteiger charge is 2.33. The highest BCUT2D eigenvalue weighted by Crippen LogP contribution is 2.37.